The number of para-hydroxylation sites is 1. The van der Waals surface area contributed by atoms with Crippen molar-refractivity contribution in [3.05, 3.63) is 107 Å². The first-order valence-corrected chi connectivity index (χ1v) is 11.5. The van der Waals surface area contributed by atoms with Crippen LogP contribution in [-0.2, 0) is 0 Å². The Morgan fingerprint density at radius 3 is 2.46 bits per heavy atom. The van der Waals surface area contributed by atoms with Gasteiger partial charge in [0.25, 0.3) is 17.7 Å². The molecule has 172 valence electrons. The minimum absolute atomic E-state index is 0.261. The van der Waals surface area contributed by atoms with Crippen molar-refractivity contribution >= 4 is 45.6 Å². The number of nitrogens with one attached hydrogen (secondary N) is 3. The number of amides is 3. The summed E-state index contributed by atoms with van der Waals surface area (Å²) in [5.41, 5.74) is 7.08. The zero-order chi connectivity index (χ0) is 24.2. The Morgan fingerprint density at radius 1 is 0.800 bits per heavy atom. The van der Waals surface area contributed by atoms with Crippen molar-refractivity contribution in [2.24, 2.45) is 0 Å². The van der Waals surface area contributed by atoms with E-state index in [1.54, 1.807) is 60.7 Å². The van der Waals surface area contributed by atoms with E-state index in [1.165, 1.54) is 23.7 Å². The number of carbonyl (C=O) groups excluding carboxylic acids is 3. The number of carbonyl (C=O) groups is 3. The van der Waals surface area contributed by atoms with Gasteiger partial charge >= 0.3 is 0 Å². The Morgan fingerprint density at radius 2 is 1.66 bits per heavy atom. The highest BCUT2D eigenvalue weighted by Crippen LogP contribution is 2.25. The molecular weight excluding hydrogens is 464 g/mol. The molecule has 0 aliphatic rings. The average Bonchev–Trinajstić information content (AvgIpc) is 3.61. The van der Waals surface area contributed by atoms with Gasteiger partial charge < -0.3 is 9.73 Å². The molecule has 35 heavy (non-hydrogen) atoms. The van der Waals surface area contributed by atoms with E-state index in [9.17, 15) is 14.4 Å². The van der Waals surface area contributed by atoms with Crippen molar-refractivity contribution in [2.75, 3.05) is 5.32 Å². The fourth-order valence-corrected chi connectivity index (χ4v) is 4.12. The van der Waals surface area contributed by atoms with Crippen molar-refractivity contribution < 1.29 is 18.8 Å². The summed E-state index contributed by atoms with van der Waals surface area (Å²) in [6.45, 7) is 0. The first-order valence-electron chi connectivity index (χ1n) is 10.6. The maximum Gasteiger partial charge on any atom is 0.270 e. The quantitative estimate of drug-likeness (QED) is 0.309. The number of anilines is 1. The number of pyridine rings is 1. The average molecular weight is 483 g/mol. The van der Waals surface area contributed by atoms with Crippen LogP contribution in [0.2, 0.25) is 0 Å². The summed E-state index contributed by atoms with van der Waals surface area (Å²) >= 11 is 1.32. The van der Waals surface area contributed by atoms with E-state index < -0.39 is 11.8 Å². The van der Waals surface area contributed by atoms with Gasteiger partial charge in [-0.3, -0.25) is 25.2 Å². The van der Waals surface area contributed by atoms with E-state index in [2.05, 4.69) is 21.2 Å². The maximum absolute atomic E-state index is 13.0. The summed E-state index contributed by atoms with van der Waals surface area (Å²) in [4.78, 5) is 43.1. The molecule has 0 atom stereocenters. The zero-order valence-corrected chi connectivity index (χ0v) is 19.0. The van der Waals surface area contributed by atoms with Gasteiger partial charge in [0, 0.05) is 16.6 Å². The van der Waals surface area contributed by atoms with Crippen molar-refractivity contribution in [2.45, 2.75) is 0 Å². The summed E-state index contributed by atoms with van der Waals surface area (Å²) in [7, 11) is 0. The van der Waals surface area contributed by atoms with Gasteiger partial charge in [-0.25, -0.2) is 4.98 Å². The highest BCUT2D eigenvalue weighted by Gasteiger charge is 2.16. The van der Waals surface area contributed by atoms with Crippen LogP contribution in [0.15, 0.2) is 94.9 Å². The van der Waals surface area contributed by atoms with Crippen LogP contribution in [0, 0.1) is 0 Å². The Hall–Kier alpha value is -4.76. The number of thiophene rings is 1. The smallest absolute Gasteiger partial charge is 0.270 e. The molecule has 8 nitrogen and oxygen atoms in total. The van der Waals surface area contributed by atoms with Gasteiger partial charge in [0.05, 0.1) is 22.2 Å². The molecule has 0 radical (unpaired) electrons. The van der Waals surface area contributed by atoms with Crippen LogP contribution in [0.4, 0.5) is 5.69 Å². The molecule has 0 saturated carbocycles. The van der Waals surface area contributed by atoms with Crippen molar-refractivity contribution in [1.82, 2.24) is 15.8 Å². The van der Waals surface area contributed by atoms with Crippen LogP contribution in [0.25, 0.3) is 22.4 Å². The summed E-state index contributed by atoms with van der Waals surface area (Å²) in [5.74, 6) is -0.778. The van der Waals surface area contributed by atoms with E-state index in [1.807, 2.05) is 17.5 Å². The van der Waals surface area contributed by atoms with Crippen LogP contribution in [0.3, 0.4) is 0 Å². The monoisotopic (exact) mass is 482 g/mol. The highest BCUT2D eigenvalue weighted by atomic mass is 32.1. The Balaban J connectivity index is 1.32. The maximum atomic E-state index is 13.0. The van der Waals surface area contributed by atoms with Crippen LogP contribution < -0.4 is 16.2 Å². The molecule has 2 aromatic carbocycles. The second kappa shape index (κ2) is 9.62. The third-order valence-corrected chi connectivity index (χ3v) is 6.02. The third-order valence-electron chi connectivity index (χ3n) is 5.15. The van der Waals surface area contributed by atoms with Gasteiger partial charge in [-0.2, -0.15) is 0 Å². The number of aromatic nitrogens is 1. The number of hydrogen-bond donors (Lipinski definition) is 3. The lowest BCUT2D eigenvalue weighted by molar-refractivity contribution is 0.0847. The SMILES string of the molecule is O=C(NNC(=O)c1cc(-c2ccco2)nc2ccccc12)c1cccc(NC(=O)c2cccs2)c1. The molecule has 3 N–H and O–H groups in total. The van der Waals surface area contributed by atoms with E-state index in [0.717, 1.165) is 0 Å². The minimum Gasteiger partial charge on any atom is -0.463 e. The Labute approximate surface area is 203 Å². The number of hydrazine groups is 1. The second-order valence-corrected chi connectivity index (χ2v) is 8.42. The van der Waals surface area contributed by atoms with Gasteiger partial charge in [-0.05, 0) is 53.9 Å². The van der Waals surface area contributed by atoms with Gasteiger partial charge in [-0.15, -0.1) is 11.3 Å². The highest BCUT2D eigenvalue weighted by molar-refractivity contribution is 7.12. The molecular formula is C26H18N4O4S. The lowest BCUT2D eigenvalue weighted by atomic mass is 10.1. The number of rotatable bonds is 5. The van der Waals surface area contributed by atoms with Gasteiger partial charge in [0.2, 0.25) is 0 Å². The summed E-state index contributed by atoms with van der Waals surface area (Å²) in [6.07, 6.45) is 1.53. The molecule has 0 unspecified atom stereocenters. The molecule has 5 rings (SSSR count). The standard InChI is InChI=1S/C26H18N4O4S/c31-24(16-6-3-7-17(14-16)27-26(33)23-11-5-13-35-23)29-30-25(32)19-15-21(22-10-4-12-34-22)28-20-9-2-1-8-18(19)20/h1-15H,(H,27,33)(H,29,31)(H,30,32). The topological polar surface area (TPSA) is 113 Å². The normalized spacial score (nSPS) is 10.6. The van der Waals surface area contributed by atoms with Crippen molar-refractivity contribution in [3.63, 3.8) is 0 Å². The van der Waals surface area contributed by atoms with Crippen LogP contribution in [0.5, 0.6) is 0 Å². The van der Waals surface area contributed by atoms with Gasteiger partial charge in [-0.1, -0.05) is 30.3 Å². The Kier molecular flexibility index (Phi) is 6.06. The van der Waals surface area contributed by atoms with Gasteiger partial charge in [0.1, 0.15) is 5.69 Å². The predicted molar refractivity (Wildman–Crippen MR) is 133 cm³/mol. The molecule has 0 fully saturated rings. The first kappa shape index (κ1) is 22.1. The number of hydrogen-bond acceptors (Lipinski definition) is 6. The molecule has 0 aliphatic heterocycles. The van der Waals surface area contributed by atoms with Crippen LogP contribution in [0.1, 0.15) is 30.4 Å². The Bertz CT molecular complexity index is 1530. The third kappa shape index (κ3) is 4.80. The fourth-order valence-electron chi connectivity index (χ4n) is 3.51. The molecule has 0 aliphatic carbocycles. The van der Waals surface area contributed by atoms with Gasteiger partial charge in [0.15, 0.2) is 5.76 Å². The number of furan rings is 1. The molecule has 3 heterocycles. The summed E-state index contributed by atoms with van der Waals surface area (Å²) in [5, 5.41) is 5.20. The molecule has 0 spiro atoms. The zero-order valence-electron chi connectivity index (χ0n) is 18.1. The van der Waals surface area contributed by atoms with Crippen LogP contribution in [-0.4, -0.2) is 22.7 Å². The molecule has 3 aromatic heterocycles. The van der Waals surface area contributed by atoms with E-state index in [0.29, 0.717) is 38.5 Å². The van der Waals surface area contributed by atoms with E-state index in [4.69, 9.17) is 4.42 Å². The van der Waals surface area contributed by atoms with Crippen molar-refractivity contribution in [1.29, 1.82) is 0 Å². The van der Waals surface area contributed by atoms with Crippen molar-refractivity contribution in [3.8, 4) is 11.5 Å². The number of benzene rings is 2. The second-order valence-electron chi connectivity index (χ2n) is 7.47. The summed E-state index contributed by atoms with van der Waals surface area (Å²) < 4.78 is 5.43. The predicted octanol–water partition coefficient (Wildman–Crippen LogP) is 4.88. The fraction of sp³-hybridized carbons (Fsp3) is 0. The molecule has 3 amide bonds. The minimum atomic E-state index is -0.532. The molecule has 0 bridgehead atoms. The molecule has 9 heteroatoms. The van der Waals surface area contributed by atoms with E-state index >= 15 is 0 Å². The summed E-state index contributed by atoms with van der Waals surface area (Å²) in [6, 6.07) is 22.3. The lowest BCUT2D eigenvalue weighted by Crippen LogP contribution is -2.41. The number of nitrogens with zero attached hydrogens (tertiary/aromatic N) is 1. The first-order chi connectivity index (χ1) is 17.1. The molecule has 5 aromatic rings. The molecule has 0 saturated heterocycles. The van der Waals surface area contributed by atoms with Crippen LogP contribution >= 0.6 is 11.3 Å². The number of fused-ring (bicyclic) bond motifs is 1. The lowest BCUT2D eigenvalue weighted by Gasteiger charge is -2.11. The van der Waals surface area contributed by atoms with E-state index in [-0.39, 0.29) is 11.5 Å². The largest absolute Gasteiger partial charge is 0.463 e.